The topological polar surface area (TPSA) is 34.1 Å². The third-order valence-corrected chi connectivity index (χ3v) is 3.83. The van der Waals surface area contributed by atoms with E-state index in [0.29, 0.717) is 6.61 Å². The van der Waals surface area contributed by atoms with Crippen LogP contribution in [0.25, 0.3) is 0 Å². The van der Waals surface area contributed by atoms with Gasteiger partial charge in [0.1, 0.15) is 12.4 Å². The molecule has 2 aromatic carbocycles. The lowest BCUT2D eigenvalue weighted by Crippen LogP contribution is -2.12. The lowest BCUT2D eigenvalue weighted by Gasteiger charge is -2.08. The van der Waals surface area contributed by atoms with Crippen molar-refractivity contribution in [3.8, 4) is 5.75 Å². The second-order valence-corrected chi connectivity index (χ2v) is 5.88. The Hall–Kier alpha value is -2.65. The third kappa shape index (κ3) is 4.93. The Morgan fingerprint density at radius 2 is 1.54 bits per heavy atom. The Morgan fingerprint density at radius 1 is 0.833 bits per heavy atom. The maximum atomic E-state index is 5.83. The first-order chi connectivity index (χ1) is 11.8. The van der Waals surface area contributed by atoms with Gasteiger partial charge in [0, 0.05) is 25.5 Å². The number of nitrogens with zero attached hydrogens (tertiary/aromatic N) is 1. The standard InChI is InChI=1S/C21H22N2O/c1-17-4-6-19(7-5-17)16-24-21-10-8-18(9-11-21)13-23-15-20-3-2-12-22-14-20/h2-12,14,23H,13,15-16H2,1H3. The molecule has 0 saturated carbocycles. The van der Waals surface area contributed by atoms with E-state index in [1.165, 1.54) is 22.3 Å². The number of aromatic nitrogens is 1. The molecule has 0 atom stereocenters. The molecule has 0 spiro atoms. The molecule has 0 fully saturated rings. The maximum absolute atomic E-state index is 5.83. The molecule has 3 heteroatoms. The number of rotatable bonds is 7. The van der Waals surface area contributed by atoms with Crippen molar-refractivity contribution >= 4 is 0 Å². The number of pyridine rings is 1. The summed E-state index contributed by atoms with van der Waals surface area (Å²) in [7, 11) is 0. The van der Waals surface area contributed by atoms with Crippen LogP contribution in [-0.2, 0) is 19.7 Å². The fourth-order valence-corrected chi connectivity index (χ4v) is 2.41. The molecular weight excluding hydrogens is 296 g/mol. The first kappa shape index (κ1) is 16.2. The van der Waals surface area contributed by atoms with Gasteiger partial charge in [-0.25, -0.2) is 0 Å². The van der Waals surface area contributed by atoms with E-state index in [-0.39, 0.29) is 0 Å². The summed E-state index contributed by atoms with van der Waals surface area (Å²) in [5.74, 6) is 0.895. The Labute approximate surface area is 143 Å². The van der Waals surface area contributed by atoms with Gasteiger partial charge in [-0.2, -0.15) is 0 Å². The summed E-state index contributed by atoms with van der Waals surface area (Å²) >= 11 is 0. The van der Waals surface area contributed by atoms with E-state index < -0.39 is 0 Å². The SMILES string of the molecule is Cc1ccc(COc2ccc(CNCc3cccnc3)cc2)cc1. The molecule has 0 saturated heterocycles. The lowest BCUT2D eigenvalue weighted by molar-refractivity contribution is 0.306. The summed E-state index contributed by atoms with van der Waals surface area (Å²) in [6, 6.07) is 20.7. The molecule has 24 heavy (non-hydrogen) atoms. The summed E-state index contributed by atoms with van der Waals surface area (Å²) in [4.78, 5) is 4.12. The van der Waals surface area contributed by atoms with Gasteiger partial charge in [-0.3, -0.25) is 4.98 Å². The van der Waals surface area contributed by atoms with E-state index in [9.17, 15) is 0 Å². The van der Waals surface area contributed by atoms with Crippen LogP contribution in [0.1, 0.15) is 22.3 Å². The molecule has 1 aromatic heterocycles. The Kier molecular flexibility index (Phi) is 5.59. The van der Waals surface area contributed by atoms with Crippen LogP contribution in [0.2, 0.25) is 0 Å². The van der Waals surface area contributed by atoms with Crippen molar-refractivity contribution < 1.29 is 4.74 Å². The monoisotopic (exact) mass is 318 g/mol. The number of nitrogens with one attached hydrogen (secondary N) is 1. The highest BCUT2D eigenvalue weighted by Gasteiger charge is 1.98. The highest BCUT2D eigenvalue weighted by atomic mass is 16.5. The van der Waals surface area contributed by atoms with Crippen LogP contribution in [0, 0.1) is 6.92 Å². The van der Waals surface area contributed by atoms with Crippen LogP contribution >= 0.6 is 0 Å². The smallest absolute Gasteiger partial charge is 0.119 e. The Morgan fingerprint density at radius 3 is 2.25 bits per heavy atom. The zero-order chi connectivity index (χ0) is 16.6. The number of benzene rings is 2. The Balaban J connectivity index is 1.45. The fourth-order valence-electron chi connectivity index (χ4n) is 2.41. The largest absolute Gasteiger partial charge is 0.489 e. The molecule has 3 nitrogen and oxygen atoms in total. The number of ether oxygens (including phenoxy) is 1. The minimum absolute atomic E-state index is 0.596. The zero-order valence-corrected chi connectivity index (χ0v) is 13.9. The van der Waals surface area contributed by atoms with Crippen LogP contribution < -0.4 is 10.1 Å². The van der Waals surface area contributed by atoms with Gasteiger partial charge in [-0.05, 0) is 41.8 Å². The van der Waals surface area contributed by atoms with E-state index in [0.717, 1.165) is 18.8 Å². The van der Waals surface area contributed by atoms with Gasteiger partial charge in [0.05, 0.1) is 0 Å². The highest BCUT2D eigenvalue weighted by Crippen LogP contribution is 2.14. The van der Waals surface area contributed by atoms with Crippen molar-refractivity contribution in [2.45, 2.75) is 26.6 Å². The first-order valence-electron chi connectivity index (χ1n) is 8.16. The van der Waals surface area contributed by atoms with Crippen LogP contribution in [-0.4, -0.2) is 4.98 Å². The molecule has 0 aliphatic rings. The number of hydrogen-bond donors (Lipinski definition) is 1. The molecule has 0 unspecified atom stereocenters. The molecule has 1 N–H and O–H groups in total. The van der Waals surface area contributed by atoms with Crippen molar-refractivity contribution in [1.82, 2.24) is 10.3 Å². The molecule has 0 radical (unpaired) electrons. The van der Waals surface area contributed by atoms with Crippen LogP contribution in [0.3, 0.4) is 0 Å². The van der Waals surface area contributed by atoms with Crippen molar-refractivity contribution in [3.05, 3.63) is 95.3 Å². The predicted molar refractivity (Wildman–Crippen MR) is 96.7 cm³/mol. The summed E-state index contributed by atoms with van der Waals surface area (Å²) in [6.07, 6.45) is 3.67. The molecule has 0 aliphatic carbocycles. The van der Waals surface area contributed by atoms with Gasteiger partial charge < -0.3 is 10.1 Å². The molecule has 3 rings (SSSR count). The van der Waals surface area contributed by atoms with E-state index >= 15 is 0 Å². The molecule has 3 aromatic rings. The summed E-state index contributed by atoms with van der Waals surface area (Å²) < 4.78 is 5.83. The third-order valence-electron chi connectivity index (χ3n) is 3.83. The predicted octanol–water partition coefficient (Wildman–Crippen LogP) is 4.26. The summed E-state index contributed by atoms with van der Waals surface area (Å²) in [6.45, 7) is 4.33. The summed E-state index contributed by atoms with van der Waals surface area (Å²) in [5, 5.41) is 3.42. The van der Waals surface area contributed by atoms with Gasteiger partial charge >= 0.3 is 0 Å². The van der Waals surface area contributed by atoms with E-state index in [1.54, 1.807) is 6.20 Å². The fraction of sp³-hybridized carbons (Fsp3) is 0.190. The summed E-state index contributed by atoms with van der Waals surface area (Å²) in [5.41, 5.74) is 4.88. The minimum atomic E-state index is 0.596. The molecule has 0 aliphatic heterocycles. The Bertz CT molecular complexity index is 737. The average molecular weight is 318 g/mol. The van der Waals surface area contributed by atoms with Gasteiger partial charge in [0.25, 0.3) is 0 Å². The van der Waals surface area contributed by atoms with Gasteiger partial charge in [0.2, 0.25) is 0 Å². The first-order valence-corrected chi connectivity index (χ1v) is 8.16. The molecule has 0 bridgehead atoms. The lowest BCUT2D eigenvalue weighted by atomic mass is 10.2. The van der Waals surface area contributed by atoms with E-state index in [2.05, 4.69) is 59.7 Å². The molecule has 122 valence electrons. The molecule has 1 heterocycles. The highest BCUT2D eigenvalue weighted by molar-refractivity contribution is 5.28. The average Bonchev–Trinajstić information content (AvgIpc) is 2.63. The van der Waals surface area contributed by atoms with Crippen LogP contribution in [0.15, 0.2) is 73.1 Å². The van der Waals surface area contributed by atoms with E-state index in [1.807, 2.05) is 24.4 Å². The van der Waals surface area contributed by atoms with Crippen molar-refractivity contribution in [2.75, 3.05) is 0 Å². The quantitative estimate of drug-likeness (QED) is 0.707. The normalized spacial score (nSPS) is 10.5. The van der Waals surface area contributed by atoms with Gasteiger partial charge in [-0.1, -0.05) is 48.0 Å². The van der Waals surface area contributed by atoms with Crippen LogP contribution in [0.4, 0.5) is 0 Å². The number of hydrogen-bond acceptors (Lipinski definition) is 3. The van der Waals surface area contributed by atoms with Crippen molar-refractivity contribution in [3.63, 3.8) is 0 Å². The van der Waals surface area contributed by atoms with Crippen LogP contribution in [0.5, 0.6) is 5.75 Å². The number of aryl methyl sites for hydroxylation is 1. The van der Waals surface area contributed by atoms with E-state index in [4.69, 9.17) is 4.74 Å². The van der Waals surface area contributed by atoms with Crippen molar-refractivity contribution in [2.24, 2.45) is 0 Å². The van der Waals surface area contributed by atoms with Gasteiger partial charge in [-0.15, -0.1) is 0 Å². The maximum Gasteiger partial charge on any atom is 0.119 e. The van der Waals surface area contributed by atoms with Gasteiger partial charge in [0.15, 0.2) is 0 Å². The molecular formula is C21H22N2O. The second-order valence-electron chi connectivity index (χ2n) is 5.88. The minimum Gasteiger partial charge on any atom is -0.489 e. The van der Waals surface area contributed by atoms with Crippen molar-refractivity contribution in [1.29, 1.82) is 0 Å². The second kappa shape index (κ2) is 8.27. The molecule has 0 amide bonds. The zero-order valence-electron chi connectivity index (χ0n) is 13.9.